The monoisotopic (exact) mass is 357 g/mol. The van der Waals surface area contributed by atoms with Gasteiger partial charge in [0.15, 0.2) is 0 Å². The van der Waals surface area contributed by atoms with E-state index < -0.39 is 0 Å². The molecule has 4 rings (SSSR count). The van der Waals surface area contributed by atoms with Crippen molar-refractivity contribution in [1.82, 2.24) is 9.88 Å². The first-order chi connectivity index (χ1) is 12.3. The van der Waals surface area contributed by atoms with Crippen LogP contribution in [0.5, 0.6) is 0 Å². The topological polar surface area (TPSA) is 81.6 Å². The molecule has 2 aliphatic rings. The average molecular weight is 357 g/mol. The molecule has 0 saturated carbocycles. The Hall–Kier alpha value is -2.08. The third-order valence-electron chi connectivity index (χ3n) is 5.47. The van der Waals surface area contributed by atoms with Gasteiger partial charge in [-0.15, -0.1) is 0 Å². The fourth-order valence-electron chi connectivity index (χ4n) is 4.08. The lowest BCUT2D eigenvalue weighted by Gasteiger charge is -2.33. The summed E-state index contributed by atoms with van der Waals surface area (Å²) in [7, 11) is 0. The largest absolute Gasteiger partial charge is 0.430 e. The standard InChI is InChI=1S/C20H27N3O3/c1-11(2)16-13-10-25-20(3,4)9-12(13)14-15(21)17(26-18(14)22-16)19(24)23-7-5-6-8-23/h11H,5-10,21H2,1-4H3. The Kier molecular flexibility index (Phi) is 3.99. The van der Waals surface area contributed by atoms with Crippen LogP contribution in [-0.2, 0) is 17.8 Å². The number of rotatable bonds is 2. The van der Waals surface area contributed by atoms with Crippen LogP contribution in [0.3, 0.4) is 0 Å². The summed E-state index contributed by atoms with van der Waals surface area (Å²) in [5.41, 5.74) is 10.2. The number of fused-ring (bicyclic) bond motifs is 3. The van der Waals surface area contributed by atoms with Gasteiger partial charge in [-0.2, -0.15) is 0 Å². The van der Waals surface area contributed by atoms with Gasteiger partial charge in [-0.05, 0) is 38.2 Å². The minimum Gasteiger partial charge on any atom is -0.430 e. The summed E-state index contributed by atoms with van der Waals surface area (Å²) < 4.78 is 12.0. The molecule has 0 spiro atoms. The molecule has 4 heterocycles. The number of likely N-dealkylation sites (tertiary alicyclic amines) is 1. The van der Waals surface area contributed by atoms with Crippen molar-refractivity contribution in [2.75, 3.05) is 18.8 Å². The van der Waals surface area contributed by atoms with E-state index in [4.69, 9.17) is 19.9 Å². The van der Waals surface area contributed by atoms with Gasteiger partial charge < -0.3 is 19.8 Å². The molecular formula is C20H27N3O3. The molecule has 0 aliphatic carbocycles. The second kappa shape index (κ2) is 5.98. The summed E-state index contributed by atoms with van der Waals surface area (Å²) >= 11 is 0. The number of nitrogen functional groups attached to an aromatic ring is 1. The van der Waals surface area contributed by atoms with E-state index >= 15 is 0 Å². The van der Waals surface area contributed by atoms with Gasteiger partial charge in [0, 0.05) is 25.1 Å². The molecule has 2 N–H and O–H groups in total. The molecular weight excluding hydrogens is 330 g/mol. The van der Waals surface area contributed by atoms with Crippen molar-refractivity contribution in [3.63, 3.8) is 0 Å². The Morgan fingerprint density at radius 2 is 1.92 bits per heavy atom. The lowest BCUT2D eigenvalue weighted by Crippen LogP contribution is -2.33. The predicted octanol–water partition coefficient (Wildman–Crippen LogP) is 3.62. The zero-order valence-corrected chi connectivity index (χ0v) is 16.0. The van der Waals surface area contributed by atoms with Crippen molar-refractivity contribution in [1.29, 1.82) is 0 Å². The van der Waals surface area contributed by atoms with E-state index in [0.717, 1.165) is 54.6 Å². The molecule has 2 aromatic heterocycles. The van der Waals surface area contributed by atoms with Gasteiger partial charge in [-0.25, -0.2) is 4.98 Å². The van der Waals surface area contributed by atoms with E-state index in [-0.39, 0.29) is 23.2 Å². The van der Waals surface area contributed by atoms with E-state index in [2.05, 4.69) is 27.7 Å². The Labute approximate surface area is 153 Å². The van der Waals surface area contributed by atoms with Crippen LogP contribution in [0.1, 0.15) is 73.8 Å². The van der Waals surface area contributed by atoms with E-state index in [0.29, 0.717) is 18.0 Å². The number of nitrogens with two attached hydrogens (primary N) is 1. The van der Waals surface area contributed by atoms with Crippen LogP contribution in [0.15, 0.2) is 4.42 Å². The van der Waals surface area contributed by atoms with E-state index in [1.54, 1.807) is 0 Å². The number of hydrogen-bond donors (Lipinski definition) is 1. The third-order valence-corrected chi connectivity index (χ3v) is 5.47. The van der Waals surface area contributed by atoms with Gasteiger partial charge in [0.2, 0.25) is 11.5 Å². The van der Waals surface area contributed by atoms with E-state index in [9.17, 15) is 4.79 Å². The van der Waals surface area contributed by atoms with Crippen LogP contribution in [0, 0.1) is 0 Å². The second-order valence-corrected chi connectivity index (χ2v) is 8.36. The Morgan fingerprint density at radius 1 is 1.23 bits per heavy atom. The number of hydrogen-bond acceptors (Lipinski definition) is 5. The van der Waals surface area contributed by atoms with Gasteiger partial charge >= 0.3 is 0 Å². The average Bonchev–Trinajstić information content (AvgIpc) is 3.21. The van der Waals surface area contributed by atoms with Crippen molar-refractivity contribution < 1.29 is 13.9 Å². The molecule has 0 bridgehead atoms. The maximum absolute atomic E-state index is 12.9. The molecule has 6 nitrogen and oxygen atoms in total. The predicted molar refractivity (Wildman–Crippen MR) is 100 cm³/mol. The number of anilines is 1. The van der Waals surface area contributed by atoms with E-state index in [1.165, 1.54) is 0 Å². The van der Waals surface area contributed by atoms with Crippen molar-refractivity contribution in [2.24, 2.45) is 0 Å². The lowest BCUT2D eigenvalue weighted by molar-refractivity contribution is -0.0402. The summed E-state index contributed by atoms with van der Waals surface area (Å²) in [6, 6.07) is 0. The molecule has 0 aromatic carbocycles. The Morgan fingerprint density at radius 3 is 2.58 bits per heavy atom. The van der Waals surface area contributed by atoms with E-state index in [1.807, 2.05) is 4.90 Å². The van der Waals surface area contributed by atoms with Crippen molar-refractivity contribution in [3.05, 3.63) is 22.6 Å². The summed E-state index contributed by atoms with van der Waals surface area (Å²) in [6.07, 6.45) is 2.78. The zero-order valence-electron chi connectivity index (χ0n) is 16.0. The summed E-state index contributed by atoms with van der Waals surface area (Å²) in [5, 5.41) is 0.795. The quantitative estimate of drug-likeness (QED) is 0.888. The van der Waals surface area contributed by atoms with Crippen molar-refractivity contribution in [3.8, 4) is 0 Å². The number of carbonyl (C=O) groups is 1. The number of nitrogens with zero attached hydrogens (tertiary/aromatic N) is 2. The molecule has 2 aromatic rings. The fourth-order valence-corrected chi connectivity index (χ4v) is 4.08. The van der Waals surface area contributed by atoms with Crippen LogP contribution in [0.2, 0.25) is 0 Å². The first-order valence-electron chi connectivity index (χ1n) is 9.45. The molecule has 0 unspecified atom stereocenters. The number of ether oxygens (including phenoxy) is 1. The highest BCUT2D eigenvalue weighted by Crippen LogP contribution is 2.40. The molecule has 0 atom stereocenters. The maximum Gasteiger partial charge on any atom is 0.291 e. The van der Waals surface area contributed by atoms with Crippen LogP contribution in [0.25, 0.3) is 11.1 Å². The number of pyridine rings is 1. The summed E-state index contributed by atoms with van der Waals surface area (Å²) in [4.78, 5) is 19.4. The Balaban J connectivity index is 1.91. The first kappa shape index (κ1) is 17.3. The third kappa shape index (κ3) is 2.67. The summed E-state index contributed by atoms with van der Waals surface area (Å²) in [6.45, 7) is 10.4. The smallest absolute Gasteiger partial charge is 0.291 e. The van der Waals surface area contributed by atoms with Crippen molar-refractivity contribution in [2.45, 2.75) is 65.1 Å². The maximum atomic E-state index is 12.9. The molecule has 6 heteroatoms. The molecule has 140 valence electrons. The van der Waals surface area contributed by atoms with Gasteiger partial charge in [0.25, 0.3) is 5.91 Å². The first-order valence-corrected chi connectivity index (χ1v) is 9.45. The molecule has 1 saturated heterocycles. The number of carbonyl (C=O) groups excluding carboxylic acids is 1. The zero-order chi connectivity index (χ0) is 18.6. The second-order valence-electron chi connectivity index (χ2n) is 8.36. The molecule has 0 radical (unpaired) electrons. The fraction of sp³-hybridized carbons (Fsp3) is 0.600. The minimum absolute atomic E-state index is 0.121. The molecule has 1 fully saturated rings. The van der Waals surface area contributed by atoms with Gasteiger partial charge in [-0.3, -0.25) is 4.79 Å². The minimum atomic E-state index is -0.279. The van der Waals surface area contributed by atoms with Crippen LogP contribution in [-0.4, -0.2) is 34.5 Å². The molecule has 1 amide bonds. The van der Waals surface area contributed by atoms with Crippen molar-refractivity contribution >= 4 is 22.7 Å². The van der Waals surface area contributed by atoms with Gasteiger partial charge in [0.05, 0.1) is 29.0 Å². The molecule has 26 heavy (non-hydrogen) atoms. The lowest BCUT2D eigenvalue weighted by atomic mass is 9.87. The highest BCUT2D eigenvalue weighted by Gasteiger charge is 2.34. The SMILES string of the molecule is CC(C)c1nc2oc(C(=O)N3CCCC3)c(N)c2c2c1COC(C)(C)C2. The number of aromatic nitrogens is 1. The van der Waals surface area contributed by atoms with Crippen LogP contribution < -0.4 is 5.73 Å². The number of amides is 1. The van der Waals surface area contributed by atoms with Gasteiger partial charge in [-0.1, -0.05) is 13.8 Å². The van der Waals surface area contributed by atoms with Gasteiger partial charge in [0.1, 0.15) is 0 Å². The Bertz CT molecular complexity index is 876. The normalized spacial score (nSPS) is 19.3. The summed E-state index contributed by atoms with van der Waals surface area (Å²) in [5.74, 6) is 0.355. The van der Waals surface area contributed by atoms with Crippen LogP contribution >= 0.6 is 0 Å². The highest BCUT2D eigenvalue weighted by molar-refractivity contribution is 6.06. The highest BCUT2D eigenvalue weighted by atomic mass is 16.5. The van der Waals surface area contributed by atoms with Crippen LogP contribution in [0.4, 0.5) is 5.69 Å². The number of furan rings is 1. The molecule has 2 aliphatic heterocycles.